The number of anilines is 1. The molecule has 22 heavy (non-hydrogen) atoms. The Morgan fingerprint density at radius 2 is 1.86 bits per heavy atom. The van der Waals surface area contributed by atoms with Gasteiger partial charge in [0.05, 0.1) is 10.6 Å². The lowest BCUT2D eigenvalue weighted by Crippen LogP contribution is -2.30. The Hall–Kier alpha value is -1.60. The highest BCUT2D eigenvalue weighted by molar-refractivity contribution is 7.89. The van der Waals surface area contributed by atoms with E-state index in [2.05, 4.69) is 5.32 Å². The van der Waals surface area contributed by atoms with Gasteiger partial charge in [-0.05, 0) is 24.6 Å². The van der Waals surface area contributed by atoms with Gasteiger partial charge in [0.1, 0.15) is 5.75 Å². The van der Waals surface area contributed by atoms with Gasteiger partial charge in [-0.1, -0.05) is 27.7 Å². The average Bonchev–Trinajstić information content (AvgIpc) is 2.49. The monoisotopic (exact) mass is 328 g/mol. The smallest absolute Gasteiger partial charge is 0.243 e. The van der Waals surface area contributed by atoms with Crippen LogP contribution in [-0.4, -0.2) is 36.8 Å². The second-order valence-electron chi connectivity index (χ2n) is 5.07. The standard InChI is InChI=1S/C15H24N2O4S/c1-5-11(4)15(19)16-13-10-12(8-9-14(13)18)22(20,21)17(6-2)7-3/h8-11,18H,5-7H2,1-4H3,(H,16,19). The summed E-state index contributed by atoms with van der Waals surface area (Å²) in [6, 6.07) is 3.91. The normalized spacial score (nSPS) is 13.1. The molecule has 0 aliphatic rings. The molecule has 1 atom stereocenters. The maximum atomic E-state index is 12.5. The van der Waals surface area contributed by atoms with Crippen LogP contribution >= 0.6 is 0 Å². The van der Waals surface area contributed by atoms with Crippen molar-refractivity contribution < 1.29 is 18.3 Å². The Labute approximate surface area is 132 Å². The SMILES string of the molecule is CCC(C)C(=O)Nc1cc(S(=O)(=O)N(CC)CC)ccc1O. The van der Waals surface area contributed by atoms with Gasteiger partial charge in [-0.25, -0.2) is 8.42 Å². The van der Waals surface area contributed by atoms with E-state index in [-0.39, 0.29) is 28.2 Å². The molecule has 0 spiro atoms. The molecule has 0 saturated carbocycles. The number of benzene rings is 1. The molecule has 1 unspecified atom stereocenters. The fraction of sp³-hybridized carbons (Fsp3) is 0.533. The molecule has 2 N–H and O–H groups in total. The molecule has 0 radical (unpaired) electrons. The summed E-state index contributed by atoms with van der Waals surface area (Å²) in [4.78, 5) is 12.0. The van der Waals surface area contributed by atoms with Gasteiger partial charge >= 0.3 is 0 Å². The van der Waals surface area contributed by atoms with Gasteiger partial charge in [-0.2, -0.15) is 4.31 Å². The zero-order valence-electron chi connectivity index (χ0n) is 13.5. The minimum atomic E-state index is -3.63. The molecule has 0 aliphatic heterocycles. The largest absolute Gasteiger partial charge is 0.506 e. The highest BCUT2D eigenvalue weighted by Crippen LogP contribution is 2.28. The van der Waals surface area contributed by atoms with Crippen LogP contribution in [0.15, 0.2) is 23.1 Å². The highest BCUT2D eigenvalue weighted by atomic mass is 32.2. The van der Waals surface area contributed by atoms with Crippen molar-refractivity contribution in [1.29, 1.82) is 0 Å². The fourth-order valence-corrected chi connectivity index (χ4v) is 3.41. The molecule has 7 heteroatoms. The first-order valence-corrected chi connectivity index (χ1v) is 8.85. The molecule has 0 heterocycles. The van der Waals surface area contributed by atoms with Crippen molar-refractivity contribution in [2.24, 2.45) is 5.92 Å². The number of nitrogens with zero attached hydrogens (tertiary/aromatic N) is 1. The van der Waals surface area contributed by atoms with Crippen LogP contribution in [-0.2, 0) is 14.8 Å². The molecule has 1 aromatic rings. The van der Waals surface area contributed by atoms with Crippen LogP contribution in [0.2, 0.25) is 0 Å². The molecule has 1 aromatic carbocycles. The minimum absolute atomic E-state index is 0.0495. The van der Waals surface area contributed by atoms with E-state index >= 15 is 0 Å². The van der Waals surface area contributed by atoms with E-state index in [4.69, 9.17) is 0 Å². The lowest BCUT2D eigenvalue weighted by atomic mass is 10.1. The molecule has 6 nitrogen and oxygen atoms in total. The summed E-state index contributed by atoms with van der Waals surface area (Å²) < 4.78 is 26.2. The highest BCUT2D eigenvalue weighted by Gasteiger charge is 2.23. The number of sulfonamides is 1. The number of phenolic OH excluding ortho intramolecular Hbond substituents is 1. The van der Waals surface area contributed by atoms with Gasteiger partial charge in [0.15, 0.2) is 0 Å². The number of phenols is 1. The molecule has 0 aromatic heterocycles. The zero-order chi connectivity index (χ0) is 16.9. The summed E-state index contributed by atoms with van der Waals surface area (Å²) in [6.07, 6.45) is 0.657. The van der Waals surface area contributed by atoms with Crippen molar-refractivity contribution in [3.8, 4) is 5.75 Å². The molecule has 124 valence electrons. The van der Waals surface area contributed by atoms with Gasteiger partial charge in [0, 0.05) is 19.0 Å². The quantitative estimate of drug-likeness (QED) is 0.753. The van der Waals surface area contributed by atoms with Crippen LogP contribution in [0.1, 0.15) is 34.1 Å². The van der Waals surface area contributed by atoms with Gasteiger partial charge < -0.3 is 10.4 Å². The lowest BCUT2D eigenvalue weighted by molar-refractivity contribution is -0.119. The van der Waals surface area contributed by atoms with Crippen LogP contribution in [0.25, 0.3) is 0 Å². The maximum Gasteiger partial charge on any atom is 0.243 e. The number of hydrogen-bond donors (Lipinski definition) is 2. The third-order valence-corrected chi connectivity index (χ3v) is 5.67. The summed E-state index contributed by atoms with van der Waals surface area (Å²) in [6.45, 7) is 7.87. The molecule has 1 amide bonds. The van der Waals surface area contributed by atoms with Crippen molar-refractivity contribution in [2.45, 2.75) is 39.0 Å². The van der Waals surface area contributed by atoms with Gasteiger partial charge in [-0.15, -0.1) is 0 Å². The summed E-state index contributed by atoms with van der Waals surface area (Å²) in [5.74, 6) is -0.632. The van der Waals surface area contributed by atoms with E-state index in [0.717, 1.165) is 0 Å². The number of hydrogen-bond acceptors (Lipinski definition) is 4. The number of nitrogens with one attached hydrogen (secondary N) is 1. The summed E-state index contributed by atoms with van der Waals surface area (Å²) >= 11 is 0. The van der Waals surface area contributed by atoms with Crippen molar-refractivity contribution in [2.75, 3.05) is 18.4 Å². The minimum Gasteiger partial charge on any atom is -0.506 e. The Kier molecular flexibility index (Phi) is 6.37. The summed E-state index contributed by atoms with van der Waals surface area (Å²) in [5, 5.41) is 12.4. The van der Waals surface area contributed by atoms with Crippen molar-refractivity contribution in [1.82, 2.24) is 4.31 Å². The van der Waals surface area contributed by atoms with Crippen molar-refractivity contribution in [3.63, 3.8) is 0 Å². The summed E-state index contributed by atoms with van der Waals surface area (Å²) in [5.41, 5.74) is 0.110. The third kappa shape index (κ3) is 3.98. The predicted molar refractivity (Wildman–Crippen MR) is 86.3 cm³/mol. The molecule has 0 aliphatic carbocycles. The Morgan fingerprint density at radius 1 is 1.27 bits per heavy atom. The second-order valence-corrected chi connectivity index (χ2v) is 7.00. The van der Waals surface area contributed by atoms with E-state index < -0.39 is 10.0 Å². The van der Waals surface area contributed by atoms with Crippen LogP contribution in [0.5, 0.6) is 5.75 Å². The lowest BCUT2D eigenvalue weighted by Gasteiger charge is -2.19. The molecule has 0 fully saturated rings. The Morgan fingerprint density at radius 3 is 2.36 bits per heavy atom. The fourth-order valence-electron chi connectivity index (χ4n) is 1.93. The third-order valence-electron chi connectivity index (χ3n) is 3.63. The topological polar surface area (TPSA) is 86.7 Å². The average molecular weight is 328 g/mol. The number of aromatic hydroxyl groups is 1. The van der Waals surface area contributed by atoms with E-state index in [0.29, 0.717) is 19.5 Å². The van der Waals surface area contributed by atoms with Crippen molar-refractivity contribution >= 4 is 21.6 Å². The van der Waals surface area contributed by atoms with Gasteiger partial charge in [0.25, 0.3) is 0 Å². The first-order chi connectivity index (χ1) is 10.3. The Bertz CT molecular complexity index is 624. The first-order valence-electron chi connectivity index (χ1n) is 7.41. The van der Waals surface area contributed by atoms with Gasteiger partial charge in [0.2, 0.25) is 15.9 Å². The number of carbonyl (C=O) groups excluding carboxylic acids is 1. The second kappa shape index (κ2) is 7.60. The first kappa shape index (κ1) is 18.4. The van der Waals surface area contributed by atoms with Crippen LogP contribution < -0.4 is 5.32 Å². The van der Waals surface area contributed by atoms with Gasteiger partial charge in [-0.3, -0.25) is 4.79 Å². The number of amides is 1. The van der Waals surface area contributed by atoms with E-state index in [1.54, 1.807) is 20.8 Å². The van der Waals surface area contributed by atoms with E-state index in [1.165, 1.54) is 22.5 Å². The van der Waals surface area contributed by atoms with E-state index in [1.807, 2.05) is 6.92 Å². The molecule has 1 rings (SSSR count). The summed E-state index contributed by atoms with van der Waals surface area (Å²) in [7, 11) is -3.63. The molecular formula is C15H24N2O4S. The van der Waals surface area contributed by atoms with Crippen LogP contribution in [0.3, 0.4) is 0 Å². The molecular weight excluding hydrogens is 304 g/mol. The molecule has 0 saturated heterocycles. The van der Waals surface area contributed by atoms with E-state index in [9.17, 15) is 18.3 Å². The van der Waals surface area contributed by atoms with Crippen molar-refractivity contribution in [3.05, 3.63) is 18.2 Å². The number of rotatable bonds is 7. The maximum absolute atomic E-state index is 12.5. The van der Waals surface area contributed by atoms with Crippen LogP contribution in [0.4, 0.5) is 5.69 Å². The zero-order valence-corrected chi connectivity index (χ0v) is 14.3. The Balaban J connectivity index is 3.17. The van der Waals surface area contributed by atoms with Crippen LogP contribution in [0, 0.1) is 5.92 Å². The number of carbonyl (C=O) groups is 1. The molecule has 0 bridgehead atoms. The predicted octanol–water partition coefficient (Wildman–Crippen LogP) is 2.41.